The van der Waals surface area contributed by atoms with Crippen molar-refractivity contribution in [2.24, 2.45) is 0 Å². The van der Waals surface area contributed by atoms with Crippen LogP contribution in [0.4, 0.5) is 5.82 Å². The van der Waals surface area contributed by atoms with Gasteiger partial charge in [-0.15, -0.1) is 0 Å². The van der Waals surface area contributed by atoms with E-state index in [1.807, 2.05) is 17.9 Å². The summed E-state index contributed by atoms with van der Waals surface area (Å²) in [5, 5.41) is 18.1. The van der Waals surface area contributed by atoms with Gasteiger partial charge in [-0.1, -0.05) is 0 Å². The van der Waals surface area contributed by atoms with Crippen LogP contribution < -0.4 is 4.90 Å². The molecule has 1 fully saturated rings. The molecule has 0 bridgehead atoms. The quantitative estimate of drug-likeness (QED) is 0.823. The van der Waals surface area contributed by atoms with Crippen LogP contribution in [0.2, 0.25) is 0 Å². The molecule has 84 valence electrons. The van der Waals surface area contributed by atoms with Crippen LogP contribution in [-0.2, 0) is 0 Å². The standard InChI is InChI=1S/C12H15N3O/c1-9-2-3-10(8-13)12(14-9)15(6-7-16)11-4-5-11/h2-3,11,16H,4-7H2,1H3. The van der Waals surface area contributed by atoms with Crippen molar-refractivity contribution < 1.29 is 5.11 Å². The average Bonchev–Trinajstić information content (AvgIpc) is 3.10. The van der Waals surface area contributed by atoms with Crippen molar-refractivity contribution in [2.45, 2.75) is 25.8 Å². The zero-order chi connectivity index (χ0) is 11.5. The minimum atomic E-state index is 0.0942. The Labute approximate surface area is 95.1 Å². The number of pyridine rings is 1. The monoisotopic (exact) mass is 217 g/mol. The first-order valence-corrected chi connectivity index (χ1v) is 5.51. The fourth-order valence-electron chi connectivity index (χ4n) is 1.80. The van der Waals surface area contributed by atoms with Crippen LogP contribution in [-0.4, -0.2) is 29.3 Å². The van der Waals surface area contributed by atoms with Gasteiger partial charge in [0.05, 0.1) is 12.2 Å². The van der Waals surface area contributed by atoms with E-state index in [2.05, 4.69) is 11.1 Å². The lowest BCUT2D eigenvalue weighted by molar-refractivity contribution is 0.301. The minimum absolute atomic E-state index is 0.0942. The highest BCUT2D eigenvalue weighted by Gasteiger charge is 2.30. The summed E-state index contributed by atoms with van der Waals surface area (Å²) in [6, 6.07) is 6.25. The molecule has 1 aliphatic carbocycles. The second-order valence-corrected chi connectivity index (χ2v) is 4.08. The predicted molar refractivity (Wildman–Crippen MR) is 61.1 cm³/mol. The summed E-state index contributed by atoms with van der Waals surface area (Å²) in [6.45, 7) is 2.56. The second kappa shape index (κ2) is 4.50. The van der Waals surface area contributed by atoms with E-state index in [1.54, 1.807) is 6.07 Å². The molecule has 0 aliphatic heterocycles. The van der Waals surface area contributed by atoms with Gasteiger partial charge in [0.1, 0.15) is 11.9 Å². The normalized spacial score (nSPS) is 14.6. The molecule has 0 radical (unpaired) electrons. The summed E-state index contributed by atoms with van der Waals surface area (Å²) < 4.78 is 0. The van der Waals surface area contributed by atoms with Gasteiger partial charge in [-0.25, -0.2) is 4.98 Å². The summed E-state index contributed by atoms with van der Waals surface area (Å²) in [7, 11) is 0. The molecule has 1 aliphatic rings. The van der Waals surface area contributed by atoms with Crippen molar-refractivity contribution in [3.8, 4) is 6.07 Å². The molecule has 0 spiro atoms. The van der Waals surface area contributed by atoms with Crippen molar-refractivity contribution >= 4 is 5.82 Å². The van der Waals surface area contributed by atoms with E-state index in [0.717, 1.165) is 24.4 Å². The Hall–Kier alpha value is -1.60. The van der Waals surface area contributed by atoms with E-state index in [1.165, 1.54) is 0 Å². The molecule has 2 rings (SSSR count). The highest BCUT2D eigenvalue weighted by atomic mass is 16.3. The number of nitriles is 1. The molecule has 4 heteroatoms. The van der Waals surface area contributed by atoms with Crippen LogP contribution >= 0.6 is 0 Å². The molecule has 0 unspecified atom stereocenters. The van der Waals surface area contributed by atoms with Crippen LogP contribution in [0, 0.1) is 18.3 Å². The number of nitrogens with zero attached hydrogens (tertiary/aromatic N) is 3. The molecule has 1 saturated carbocycles. The summed E-state index contributed by atoms with van der Waals surface area (Å²) in [6.07, 6.45) is 2.25. The third-order valence-electron chi connectivity index (χ3n) is 2.74. The van der Waals surface area contributed by atoms with Crippen molar-refractivity contribution in [3.05, 3.63) is 23.4 Å². The average molecular weight is 217 g/mol. The van der Waals surface area contributed by atoms with Gasteiger partial charge in [0.25, 0.3) is 0 Å². The fraction of sp³-hybridized carbons (Fsp3) is 0.500. The zero-order valence-electron chi connectivity index (χ0n) is 9.35. The predicted octanol–water partition coefficient (Wildman–Crippen LogP) is 1.22. The maximum absolute atomic E-state index is 9.06. The topological polar surface area (TPSA) is 60.2 Å². The number of aliphatic hydroxyl groups excluding tert-OH is 1. The van der Waals surface area contributed by atoms with Crippen molar-refractivity contribution in [2.75, 3.05) is 18.1 Å². The van der Waals surface area contributed by atoms with Crippen LogP contribution in [0.3, 0.4) is 0 Å². The Morgan fingerprint density at radius 1 is 1.56 bits per heavy atom. The van der Waals surface area contributed by atoms with Crippen LogP contribution in [0.1, 0.15) is 24.1 Å². The number of aryl methyl sites for hydroxylation is 1. The molecule has 1 N–H and O–H groups in total. The van der Waals surface area contributed by atoms with E-state index >= 15 is 0 Å². The van der Waals surface area contributed by atoms with Gasteiger partial charge in [0, 0.05) is 18.3 Å². The third kappa shape index (κ3) is 2.15. The van der Waals surface area contributed by atoms with Gasteiger partial charge >= 0.3 is 0 Å². The summed E-state index contributed by atoms with van der Waals surface area (Å²) in [5.74, 6) is 0.721. The van der Waals surface area contributed by atoms with E-state index in [-0.39, 0.29) is 6.61 Å². The number of aliphatic hydroxyl groups is 1. The number of rotatable bonds is 4. The lowest BCUT2D eigenvalue weighted by Gasteiger charge is -2.23. The summed E-state index contributed by atoms with van der Waals surface area (Å²) in [4.78, 5) is 6.46. The molecule has 1 aromatic heterocycles. The van der Waals surface area contributed by atoms with Crippen LogP contribution in [0.25, 0.3) is 0 Å². The number of anilines is 1. The highest BCUT2D eigenvalue weighted by Crippen LogP contribution is 2.32. The molecule has 16 heavy (non-hydrogen) atoms. The summed E-state index contributed by atoms with van der Waals surface area (Å²) in [5.41, 5.74) is 1.49. The Balaban J connectivity index is 2.35. The molecule has 0 aromatic carbocycles. The number of hydrogen-bond donors (Lipinski definition) is 1. The van der Waals surface area contributed by atoms with Gasteiger partial charge in [0.15, 0.2) is 0 Å². The lowest BCUT2D eigenvalue weighted by atomic mass is 10.2. The maximum Gasteiger partial charge on any atom is 0.147 e. The minimum Gasteiger partial charge on any atom is -0.395 e. The van der Waals surface area contributed by atoms with Gasteiger partial charge in [0.2, 0.25) is 0 Å². The van der Waals surface area contributed by atoms with Gasteiger partial charge in [-0.3, -0.25) is 0 Å². The van der Waals surface area contributed by atoms with Crippen LogP contribution in [0.15, 0.2) is 12.1 Å². The Bertz CT molecular complexity index is 421. The Morgan fingerprint density at radius 3 is 2.88 bits per heavy atom. The van der Waals surface area contributed by atoms with Crippen LogP contribution in [0.5, 0.6) is 0 Å². The first-order chi connectivity index (χ1) is 7.76. The fourth-order valence-corrected chi connectivity index (χ4v) is 1.80. The first-order valence-electron chi connectivity index (χ1n) is 5.51. The van der Waals surface area contributed by atoms with E-state index in [4.69, 9.17) is 10.4 Å². The van der Waals surface area contributed by atoms with E-state index in [9.17, 15) is 0 Å². The van der Waals surface area contributed by atoms with Crippen molar-refractivity contribution in [1.29, 1.82) is 5.26 Å². The van der Waals surface area contributed by atoms with E-state index < -0.39 is 0 Å². The molecule has 4 nitrogen and oxygen atoms in total. The highest BCUT2D eigenvalue weighted by molar-refractivity contribution is 5.55. The maximum atomic E-state index is 9.06. The van der Waals surface area contributed by atoms with Gasteiger partial charge < -0.3 is 10.0 Å². The largest absolute Gasteiger partial charge is 0.395 e. The van der Waals surface area contributed by atoms with Crippen molar-refractivity contribution in [3.63, 3.8) is 0 Å². The molecule has 0 amide bonds. The SMILES string of the molecule is Cc1ccc(C#N)c(N(CCO)C2CC2)n1. The zero-order valence-corrected chi connectivity index (χ0v) is 9.35. The molecule has 1 heterocycles. The first kappa shape index (κ1) is 10.9. The second-order valence-electron chi connectivity index (χ2n) is 4.08. The molecular formula is C12H15N3O. The lowest BCUT2D eigenvalue weighted by Crippen LogP contribution is -2.30. The smallest absolute Gasteiger partial charge is 0.147 e. The van der Waals surface area contributed by atoms with Gasteiger partial charge in [-0.05, 0) is 31.9 Å². The molecule has 1 aromatic rings. The Morgan fingerprint density at radius 2 is 2.31 bits per heavy atom. The third-order valence-corrected chi connectivity index (χ3v) is 2.74. The number of aromatic nitrogens is 1. The Kier molecular flexibility index (Phi) is 3.07. The summed E-state index contributed by atoms with van der Waals surface area (Å²) >= 11 is 0. The van der Waals surface area contributed by atoms with Crippen molar-refractivity contribution in [1.82, 2.24) is 4.98 Å². The van der Waals surface area contributed by atoms with E-state index in [0.29, 0.717) is 18.2 Å². The number of hydrogen-bond acceptors (Lipinski definition) is 4. The van der Waals surface area contributed by atoms with Gasteiger partial charge in [-0.2, -0.15) is 5.26 Å². The molecule has 0 saturated heterocycles. The molecular weight excluding hydrogens is 202 g/mol. The molecule has 0 atom stereocenters.